The zero-order valence-electron chi connectivity index (χ0n) is 18.8. The number of nitrogens with zero attached hydrogens (tertiary/aromatic N) is 7. The molecule has 1 aliphatic heterocycles. The summed E-state index contributed by atoms with van der Waals surface area (Å²) in [4.78, 5) is 26.0. The smallest absolute Gasteiger partial charge is 0.246 e. The number of aryl methyl sites for hydroxylation is 1. The SMILES string of the molecule is Cc1cc(N2CCN(C(=O)/C=C/c3cn(Cc4ccccc4)nn3)CC2)nc(C(C)C)n1. The van der Waals surface area contributed by atoms with Gasteiger partial charge in [-0.25, -0.2) is 14.6 Å². The topological polar surface area (TPSA) is 80.0 Å². The van der Waals surface area contributed by atoms with E-state index in [4.69, 9.17) is 4.98 Å². The van der Waals surface area contributed by atoms with Crippen molar-refractivity contribution >= 4 is 17.8 Å². The first-order chi connectivity index (χ1) is 15.5. The molecule has 166 valence electrons. The van der Waals surface area contributed by atoms with Crippen molar-refractivity contribution in [2.24, 2.45) is 0 Å². The molecule has 0 radical (unpaired) electrons. The van der Waals surface area contributed by atoms with Crippen LogP contribution in [0.15, 0.2) is 48.7 Å². The van der Waals surface area contributed by atoms with Crippen LogP contribution >= 0.6 is 0 Å². The zero-order valence-corrected chi connectivity index (χ0v) is 18.8. The Balaban J connectivity index is 1.32. The lowest BCUT2D eigenvalue weighted by Crippen LogP contribution is -2.48. The van der Waals surface area contributed by atoms with Gasteiger partial charge in [0.25, 0.3) is 0 Å². The first kappa shape index (κ1) is 21.7. The molecule has 3 heterocycles. The van der Waals surface area contributed by atoms with E-state index in [0.717, 1.165) is 36.0 Å². The number of aromatic nitrogens is 5. The van der Waals surface area contributed by atoms with Crippen LogP contribution in [-0.4, -0.2) is 61.9 Å². The van der Waals surface area contributed by atoms with Crippen LogP contribution in [0, 0.1) is 6.92 Å². The molecular weight excluding hydrogens is 402 g/mol. The Bertz CT molecular complexity index is 1080. The molecule has 0 N–H and O–H groups in total. The van der Waals surface area contributed by atoms with Crippen LogP contribution in [0.5, 0.6) is 0 Å². The van der Waals surface area contributed by atoms with Crippen LogP contribution in [0.2, 0.25) is 0 Å². The van der Waals surface area contributed by atoms with Crippen LogP contribution in [0.25, 0.3) is 6.08 Å². The van der Waals surface area contributed by atoms with Crippen LogP contribution in [-0.2, 0) is 11.3 Å². The summed E-state index contributed by atoms with van der Waals surface area (Å²) >= 11 is 0. The number of anilines is 1. The molecule has 0 bridgehead atoms. The van der Waals surface area contributed by atoms with Crippen molar-refractivity contribution in [1.82, 2.24) is 29.9 Å². The number of carbonyl (C=O) groups excluding carboxylic acids is 1. The van der Waals surface area contributed by atoms with Crippen LogP contribution in [0.3, 0.4) is 0 Å². The molecule has 0 saturated carbocycles. The average molecular weight is 432 g/mol. The summed E-state index contributed by atoms with van der Waals surface area (Å²) in [6.45, 7) is 9.66. The largest absolute Gasteiger partial charge is 0.353 e. The Morgan fingerprint density at radius 1 is 1.09 bits per heavy atom. The van der Waals surface area contributed by atoms with E-state index in [1.807, 2.05) is 54.4 Å². The predicted octanol–water partition coefficient (Wildman–Crippen LogP) is 2.91. The molecule has 4 rings (SSSR count). The average Bonchev–Trinajstić information content (AvgIpc) is 3.25. The maximum absolute atomic E-state index is 12.6. The minimum atomic E-state index is -0.0102. The molecule has 8 heteroatoms. The number of amides is 1. The van der Waals surface area contributed by atoms with E-state index in [-0.39, 0.29) is 11.8 Å². The van der Waals surface area contributed by atoms with Crippen LogP contribution in [0.4, 0.5) is 5.82 Å². The molecule has 0 spiro atoms. The molecule has 3 aromatic rings. The van der Waals surface area contributed by atoms with Gasteiger partial charge in [-0.15, -0.1) is 5.10 Å². The summed E-state index contributed by atoms with van der Waals surface area (Å²) in [5.74, 6) is 2.08. The Morgan fingerprint density at radius 3 is 2.56 bits per heavy atom. The molecule has 8 nitrogen and oxygen atoms in total. The fourth-order valence-corrected chi connectivity index (χ4v) is 3.65. The molecule has 0 aliphatic carbocycles. The molecule has 0 atom stereocenters. The Hall–Kier alpha value is -3.55. The second-order valence-electron chi connectivity index (χ2n) is 8.35. The third kappa shape index (κ3) is 5.38. The highest BCUT2D eigenvalue weighted by atomic mass is 16.2. The van der Waals surface area contributed by atoms with Gasteiger partial charge < -0.3 is 9.80 Å². The van der Waals surface area contributed by atoms with E-state index in [0.29, 0.717) is 25.3 Å². The van der Waals surface area contributed by atoms with Gasteiger partial charge in [0.2, 0.25) is 5.91 Å². The van der Waals surface area contributed by atoms with Gasteiger partial charge >= 0.3 is 0 Å². The normalized spacial score (nSPS) is 14.5. The molecule has 0 unspecified atom stereocenters. The molecule has 1 aliphatic rings. The van der Waals surface area contributed by atoms with Crippen LogP contribution in [0.1, 0.15) is 42.5 Å². The number of hydrogen-bond acceptors (Lipinski definition) is 6. The van der Waals surface area contributed by atoms with Gasteiger partial charge in [-0.2, -0.15) is 0 Å². The third-order valence-corrected chi connectivity index (χ3v) is 5.43. The highest BCUT2D eigenvalue weighted by Gasteiger charge is 2.21. The summed E-state index contributed by atoms with van der Waals surface area (Å²) in [7, 11) is 0. The van der Waals surface area contributed by atoms with Gasteiger partial charge in [-0.05, 0) is 18.6 Å². The molecule has 1 fully saturated rings. The summed E-state index contributed by atoms with van der Waals surface area (Å²) in [5, 5.41) is 8.29. The van der Waals surface area contributed by atoms with Crippen molar-refractivity contribution in [3.05, 3.63) is 71.4 Å². The Kier molecular flexibility index (Phi) is 6.58. The molecular formula is C24H29N7O. The van der Waals surface area contributed by atoms with E-state index in [9.17, 15) is 4.79 Å². The Labute approximate surface area is 188 Å². The second kappa shape index (κ2) is 9.72. The van der Waals surface area contributed by atoms with E-state index in [1.165, 1.54) is 0 Å². The monoisotopic (exact) mass is 431 g/mol. The molecule has 1 saturated heterocycles. The minimum Gasteiger partial charge on any atom is -0.353 e. The summed E-state index contributed by atoms with van der Waals surface area (Å²) in [6.07, 6.45) is 5.16. The fourth-order valence-electron chi connectivity index (χ4n) is 3.65. The van der Waals surface area contributed by atoms with Crippen molar-refractivity contribution < 1.29 is 4.79 Å². The maximum atomic E-state index is 12.6. The molecule has 1 amide bonds. The van der Waals surface area contributed by atoms with Gasteiger partial charge in [0.1, 0.15) is 17.3 Å². The van der Waals surface area contributed by atoms with E-state index >= 15 is 0 Å². The van der Waals surface area contributed by atoms with Gasteiger partial charge in [-0.1, -0.05) is 49.4 Å². The van der Waals surface area contributed by atoms with Gasteiger partial charge in [0.15, 0.2) is 0 Å². The standard InChI is InChI=1S/C24H29N7O/c1-18(2)24-25-19(3)15-22(26-24)29-11-13-30(14-12-29)23(32)10-9-21-17-31(28-27-21)16-20-7-5-4-6-8-20/h4-10,15,17-18H,11-14,16H2,1-3H3/b10-9+. The highest BCUT2D eigenvalue weighted by molar-refractivity contribution is 5.91. The first-order valence-electron chi connectivity index (χ1n) is 11.0. The Morgan fingerprint density at radius 2 is 1.84 bits per heavy atom. The highest BCUT2D eigenvalue weighted by Crippen LogP contribution is 2.19. The third-order valence-electron chi connectivity index (χ3n) is 5.43. The van der Waals surface area contributed by atoms with Gasteiger partial charge in [0, 0.05) is 49.9 Å². The van der Waals surface area contributed by atoms with E-state index < -0.39 is 0 Å². The summed E-state index contributed by atoms with van der Waals surface area (Å²) < 4.78 is 1.77. The first-order valence-corrected chi connectivity index (χ1v) is 11.0. The van der Waals surface area contributed by atoms with E-state index in [2.05, 4.69) is 34.0 Å². The van der Waals surface area contributed by atoms with Gasteiger partial charge in [0.05, 0.1) is 12.7 Å². The molecule has 2 aromatic heterocycles. The number of carbonyl (C=O) groups is 1. The second-order valence-corrected chi connectivity index (χ2v) is 8.35. The quantitative estimate of drug-likeness (QED) is 0.559. The van der Waals surface area contributed by atoms with E-state index in [1.54, 1.807) is 16.8 Å². The predicted molar refractivity (Wildman–Crippen MR) is 124 cm³/mol. The zero-order chi connectivity index (χ0) is 22.5. The summed E-state index contributed by atoms with van der Waals surface area (Å²) in [5.41, 5.74) is 2.80. The lowest BCUT2D eigenvalue weighted by atomic mass is 10.2. The number of hydrogen-bond donors (Lipinski definition) is 0. The minimum absolute atomic E-state index is 0.0102. The number of rotatable bonds is 6. The van der Waals surface area contributed by atoms with Crippen molar-refractivity contribution in [3.63, 3.8) is 0 Å². The lowest BCUT2D eigenvalue weighted by Gasteiger charge is -2.35. The van der Waals surface area contributed by atoms with Crippen LogP contribution < -0.4 is 4.90 Å². The maximum Gasteiger partial charge on any atom is 0.246 e. The molecule has 32 heavy (non-hydrogen) atoms. The van der Waals surface area contributed by atoms with Crippen molar-refractivity contribution in [3.8, 4) is 0 Å². The van der Waals surface area contributed by atoms with Crippen molar-refractivity contribution in [1.29, 1.82) is 0 Å². The van der Waals surface area contributed by atoms with Crippen molar-refractivity contribution in [2.75, 3.05) is 31.1 Å². The lowest BCUT2D eigenvalue weighted by molar-refractivity contribution is -0.126. The number of piperazine rings is 1. The van der Waals surface area contributed by atoms with Crippen molar-refractivity contribution in [2.45, 2.75) is 33.2 Å². The summed E-state index contributed by atoms with van der Waals surface area (Å²) in [6, 6.07) is 12.1. The molecule has 1 aromatic carbocycles. The fraction of sp³-hybridized carbons (Fsp3) is 0.375. The van der Waals surface area contributed by atoms with Gasteiger partial charge in [-0.3, -0.25) is 4.79 Å². The number of benzene rings is 1.